The molecular formula is C24H25N3O2. The number of H-pyrrole nitrogens is 1. The van der Waals surface area contributed by atoms with Crippen LogP contribution in [-0.2, 0) is 4.79 Å². The Hall–Kier alpha value is -3.34. The first-order chi connectivity index (χ1) is 14.0. The Morgan fingerprint density at radius 1 is 1.00 bits per heavy atom. The molecule has 2 heterocycles. The number of aromatic nitrogens is 1. The van der Waals surface area contributed by atoms with Crippen LogP contribution in [-0.4, -0.2) is 41.0 Å². The van der Waals surface area contributed by atoms with Gasteiger partial charge in [0.25, 0.3) is 5.56 Å². The molecule has 29 heavy (non-hydrogen) atoms. The lowest BCUT2D eigenvalue weighted by molar-refractivity contribution is -0.127. The van der Waals surface area contributed by atoms with Gasteiger partial charge in [0.2, 0.25) is 5.91 Å². The van der Waals surface area contributed by atoms with Gasteiger partial charge in [-0.3, -0.25) is 9.59 Å². The summed E-state index contributed by atoms with van der Waals surface area (Å²) in [5.41, 5.74) is 2.27. The predicted molar refractivity (Wildman–Crippen MR) is 118 cm³/mol. The van der Waals surface area contributed by atoms with Gasteiger partial charge in [0.15, 0.2) is 0 Å². The molecule has 5 heteroatoms. The Morgan fingerprint density at radius 3 is 2.38 bits per heavy atom. The fraction of sp³-hybridized carbons (Fsp3) is 0.250. The van der Waals surface area contributed by atoms with Crippen molar-refractivity contribution in [3.8, 4) is 0 Å². The average Bonchev–Trinajstić information content (AvgIpc) is 2.72. The molecule has 1 aliphatic rings. The highest BCUT2D eigenvalue weighted by Gasteiger charge is 2.31. The lowest BCUT2D eigenvalue weighted by Crippen LogP contribution is -2.58. The van der Waals surface area contributed by atoms with Gasteiger partial charge in [-0.15, -0.1) is 0 Å². The lowest BCUT2D eigenvalue weighted by Gasteiger charge is -2.45. The molecule has 0 spiro atoms. The van der Waals surface area contributed by atoms with E-state index >= 15 is 0 Å². The minimum Gasteiger partial charge on any atom is -0.363 e. The van der Waals surface area contributed by atoms with E-state index in [1.165, 1.54) is 11.8 Å². The summed E-state index contributed by atoms with van der Waals surface area (Å²) in [4.78, 5) is 32.2. The zero-order valence-corrected chi connectivity index (χ0v) is 16.7. The molecule has 3 aromatic rings. The minimum absolute atomic E-state index is 0.0658. The zero-order valence-electron chi connectivity index (χ0n) is 16.7. The van der Waals surface area contributed by atoms with E-state index in [0.29, 0.717) is 18.7 Å². The quantitative estimate of drug-likeness (QED) is 0.698. The Labute approximate surface area is 170 Å². The number of anilines is 1. The SMILES string of the molecule is CC1CN(C(=O)/C=C/c2cc3ccccc3[nH]c2=O)CC(C)N1c1ccccc1. The van der Waals surface area contributed by atoms with E-state index in [1.54, 1.807) is 6.08 Å². The Morgan fingerprint density at radius 2 is 1.66 bits per heavy atom. The van der Waals surface area contributed by atoms with Crippen molar-refractivity contribution in [3.05, 3.63) is 82.7 Å². The molecular weight excluding hydrogens is 362 g/mol. The molecule has 2 aromatic carbocycles. The molecule has 148 valence electrons. The van der Waals surface area contributed by atoms with Crippen molar-refractivity contribution in [1.29, 1.82) is 0 Å². The summed E-state index contributed by atoms with van der Waals surface area (Å²) in [6.07, 6.45) is 3.13. The number of nitrogens with one attached hydrogen (secondary N) is 1. The van der Waals surface area contributed by atoms with Crippen LogP contribution in [0.25, 0.3) is 17.0 Å². The normalized spacial score (nSPS) is 19.8. The summed E-state index contributed by atoms with van der Waals surface area (Å²) in [5.74, 6) is -0.0658. The third kappa shape index (κ3) is 3.94. The Bertz CT molecular complexity index is 1090. The van der Waals surface area contributed by atoms with Crippen LogP contribution in [0.3, 0.4) is 0 Å². The third-order valence-corrected chi connectivity index (χ3v) is 5.47. The van der Waals surface area contributed by atoms with Gasteiger partial charge < -0.3 is 14.8 Å². The number of benzene rings is 2. The molecule has 0 radical (unpaired) electrons. The molecule has 4 rings (SSSR count). The molecule has 1 aliphatic heterocycles. The second kappa shape index (κ2) is 7.95. The van der Waals surface area contributed by atoms with Gasteiger partial charge in [-0.05, 0) is 49.6 Å². The number of carbonyl (C=O) groups excluding carboxylic acids is 1. The number of pyridine rings is 1. The molecule has 1 saturated heterocycles. The molecule has 2 atom stereocenters. The third-order valence-electron chi connectivity index (χ3n) is 5.47. The molecule has 1 amide bonds. The van der Waals surface area contributed by atoms with Gasteiger partial charge in [-0.25, -0.2) is 0 Å². The van der Waals surface area contributed by atoms with Crippen molar-refractivity contribution in [1.82, 2.24) is 9.88 Å². The standard InChI is InChI=1S/C24H25N3O2/c1-17-15-26(16-18(2)27(17)21-9-4-3-5-10-21)23(28)13-12-20-14-19-8-6-7-11-22(19)25-24(20)29/h3-14,17-18H,15-16H2,1-2H3,(H,25,29)/b13-12+. The summed E-state index contributed by atoms with van der Waals surface area (Å²) >= 11 is 0. The summed E-state index contributed by atoms with van der Waals surface area (Å²) in [6.45, 7) is 5.58. The van der Waals surface area contributed by atoms with Gasteiger partial charge in [-0.1, -0.05) is 36.4 Å². The molecule has 2 unspecified atom stereocenters. The van der Waals surface area contributed by atoms with Gasteiger partial charge in [-0.2, -0.15) is 0 Å². The van der Waals surface area contributed by atoms with Crippen LogP contribution >= 0.6 is 0 Å². The van der Waals surface area contributed by atoms with E-state index in [4.69, 9.17) is 0 Å². The molecule has 1 aromatic heterocycles. The fourth-order valence-corrected chi connectivity index (χ4v) is 4.17. The van der Waals surface area contributed by atoms with Crippen molar-refractivity contribution in [2.75, 3.05) is 18.0 Å². The number of para-hydroxylation sites is 2. The van der Waals surface area contributed by atoms with Crippen molar-refractivity contribution in [2.24, 2.45) is 0 Å². The number of carbonyl (C=O) groups is 1. The number of hydrogen-bond donors (Lipinski definition) is 1. The Balaban J connectivity index is 1.49. The van der Waals surface area contributed by atoms with Crippen LogP contribution in [0.15, 0.2) is 71.5 Å². The van der Waals surface area contributed by atoms with Crippen LogP contribution in [0, 0.1) is 0 Å². The van der Waals surface area contributed by atoms with E-state index in [0.717, 1.165) is 10.9 Å². The van der Waals surface area contributed by atoms with Crippen LogP contribution < -0.4 is 10.5 Å². The van der Waals surface area contributed by atoms with Crippen LogP contribution in [0.4, 0.5) is 5.69 Å². The number of rotatable bonds is 3. The molecule has 0 bridgehead atoms. The first-order valence-corrected chi connectivity index (χ1v) is 9.95. The number of amides is 1. The van der Waals surface area contributed by atoms with Crippen molar-refractivity contribution in [2.45, 2.75) is 25.9 Å². The fourth-order valence-electron chi connectivity index (χ4n) is 4.17. The van der Waals surface area contributed by atoms with Gasteiger partial charge in [0.1, 0.15) is 0 Å². The maximum atomic E-state index is 12.8. The maximum Gasteiger partial charge on any atom is 0.255 e. The summed E-state index contributed by atoms with van der Waals surface area (Å²) in [6, 6.07) is 20.2. The number of aromatic amines is 1. The van der Waals surface area contributed by atoms with E-state index in [1.807, 2.05) is 53.4 Å². The van der Waals surface area contributed by atoms with Gasteiger partial charge in [0, 0.05) is 48.0 Å². The number of fused-ring (bicyclic) bond motifs is 1. The summed E-state index contributed by atoms with van der Waals surface area (Å²) in [5, 5.41) is 0.943. The highest BCUT2D eigenvalue weighted by molar-refractivity contribution is 5.92. The monoisotopic (exact) mass is 387 g/mol. The summed E-state index contributed by atoms with van der Waals surface area (Å²) < 4.78 is 0. The van der Waals surface area contributed by atoms with E-state index in [-0.39, 0.29) is 23.6 Å². The second-order valence-electron chi connectivity index (χ2n) is 7.66. The zero-order chi connectivity index (χ0) is 20.4. The second-order valence-corrected chi connectivity index (χ2v) is 7.66. The highest BCUT2D eigenvalue weighted by Crippen LogP contribution is 2.24. The van der Waals surface area contributed by atoms with Gasteiger partial charge >= 0.3 is 0 Å². The van der Waals surface area contributed by atoms with Crippen molar-refractivity contribution >= 4 is 28.6 Å². The number of hydrogen-bond acceptors (Lipinski definition) is 3. The van der Waals surface area contributed by atoms with Crippen molar-refractivity contribution < 1.29 is 4.79 Å². The smallest absolute Gasteiger partial charge is 0.255 e. The molecule has 0 aliphatic carbocycles. The summed E-state index contributed by atoms with van der Waals surface area (Å²) in [7, 11) is 0. The maximum absolute atomic E-state index is 12.8. The first-order valence-electron chi connectivity index (χ1n) is 9.95. The Kier molecular flexibility index (Phi) is 5.21. The van der Waals surface area contributed by atoms with Crippen LogP contribution in [0.2, 0.25) is 0 Å². The molecule has 1 fully saturated rings. The average molecular weight is 387 g/mol. The van der Waals surface area contributed by atoms with Crippen LogP contribution in [0.1, 0.15) is 19.4 Å². The topological polar surface area (TPSA) is 56.4 Å². The molecule has 0 saturated carbocycles. The number of nitrogens with zero attached hydrogens (tertiary/aromatic N) is 2. The lowest BCUT2D eigenvalue weighted by atomic mass is 10.1. The number of piperazine rings is 1. The first kappa shape index (κ1) is 19.0. The van der Waals surface area contributed by atoms with E-state index < -0.39 is 0 Å². The van der Waals surface area contributed by atoms with E-state index in [2.05, 4.69) is 35.9 Å². The molecule has 5 nitrogen and oxygen atoms in total. The van der Waals surface area contributed by atoms with Crippen LogP contribution in [0.5, 0.6) is 0 Å². The van der Waals surface area contributed by atoms with E-state index in [9.17, 15) is 9.59 Å². The minimum atomic E-state index is -0.191. The highest BCUT2D eigenvalue weighted by atomic mass is 16.2. The predicted octanol–water partition coefficient (Wildman–Crippen LogP) is 3.67. The van der Waals surface area contributed by atoms with Crippen molar-refractivity contribution in [3.63, 3.8) is 0 Å². The van der Waals surface area contributed by atoms with Gasteiger partial charge in [0.05, 0.1) is 0 Å². The molecule has 1 N–H and O–H groups in total. The largest absolute Gasteiger partial charge is 0.363 e.